The summed E-state index contributed by atoms with van der Waals surface area (Å²) in [5.74, 6) is 0.675. The Morgan fingerprint density at radius 1 is 1.03 bits per heavy atom. The molecule has 0 saturated carbocycles. The third kappa shape index (κ3) is 5.12. The number of sulfonamides is 1. The van der Waals surface area contributed by atoms with Gasteiger partial charge in [-0.2, -0.15) is 0 Å². The molecule has 0 unspecified atom stereocenters. The van der Waals surface area contributed by atoms with Gasteiger partial charge >= 0.3 is 0 Å². The van der Waals surface area contributed by atoms with E-state index in [0.29, 0.717) is 33.8 Å². The number of anilines is 1. The molecule has 0 bridgehead atoms. The number of aliphatic hydroxyl groups is 1. The molecule has 9 heteroatoms. The van der Waals surface area contributed by atoms with Gasteiger partial charge in [0.25, 0.3) is 5.56 Å². The molecule has 36 heavy (non-hydrogen) atoms. The lowest BCUT2D eigenvalue weighted by atomic mass is 9.83. The molecular formula is C27H29N3O5S. The van der Waals surface area contributed by atoms with Crippen LogP contribution in [0.5, 0.6) is 5.75 Å². The minimum atomic E-state index is -3.37. The van der Waals surface area contributed by atoms with Crippen LogP contribution in [-0.4, -0.2) is 36.9 Å². The molecule has 0 aliphatic carbocycles. The molecular weight excluding hydrogens is 478 g/mol. The highest BCUT2D eigenvalue weighted by molar-refractivity contribution is 7.92. The number of nitrogens with one attached hydrogen (secondary N) is 2. The quantitative estimate of drug-likeness (QED) is 0.355. The Morgan fingerprint density at radius 3 is 2.28 bits per heavy atom. The molecule has 0 amide bonds. The van der Waals surface area contributed by atoms with Gasteiger partial charge in [0.1, 0.15) is 5.75 Å². The lowest BCUT2D eigenvalue weighted by molar-refractivity contribution is 0.276. The average molecular weight is 508 g/mol. The summed E-state index contributed by atoms with van der Waals surface area (Å²) >= 11 is 0. The largest absolute Gasteiger partial charge is 0.496 e. The van der Waals surface area contributed by atoms with Crippen LogP contribution in [0.2, 0.25) is 0 Å². The summed E-state index contributed by atoms with van der Waals surface area (Å²) in [6.45, 7) is 5.96. The molecule has 0 fully saturated rings. The number of H-pyrrole nitrogens is 1. The molecule has 0 aliphatic heterocycles. The highest BCUT2D eigenvalue weighted by atomic mass is 32.2. The summed E-state index contributed by atoms with van der Waals surface area (Å²) < 4.78 is 31.4. The number of pyridine rings is 2. The molecule has 2 aromatic heterocycles. The minimum Gasteiger partial charge on any atom is -0.496 e. The second-order valence-electron chi connectivity index (χ2n) is 9.71. The lowest BCUT2D eigenvalue weighted by Crippen LogP contribution is -2.16. The SMILES string of the molecule is COc1c(C(C)(C)C)cc(-c2ccc(CO)[nH]c2=O)c2ncc(-c3ccc(NS(C)(=O)=O)cc3)cc12. The summed E-state index contributed by atoms with van der Waals surface area (Å²) in [6.07, 6.45) is 2.82. The molecule has 0 spiro atoms. The Labute approximate surface area is 210 Å². The maximum absolute atomic E-state index is 12.9. The van der Waals surface area contributed by atoms with Gasteiger partial charge in [0.05, 0.1) is 25.5 Å². The number of benzene rings is 2. The van der Waals surface area contributed by atoms with Crippen molar-refractivity contribution >= 4 is 26.6 Å². The van der Waals surface area contributed by atoms with Crippen LogP contribution < -0.4 is 15.0 Å². The summed E-state index contributed by atoms with van der Waals surface area (Å²) in [4.78, 5) is 20.4. The normalized spacial score (nSPS) is 12.1. The summed E-state index contributed by atoms with van der Waals surface area (Å²) in [5, 5.41) is 10.1. The van der Waals surface area contributed by atoms with Crippen LogP contribution in [-0.2, 0) is 22.0 Å². The molecule has 188 valence electrons. The molecule has 0 radical (unpaired) electrons. The van der Waals surface area contributed by atoms with Crippen LogP contribution in [0.3, 0.4) is 0 Å². The average Bonchev–Trinajstić information content (AvgIpc) is 2.81. The molecule has 4 aromatic rings. The van der Waals surface area contributed by atoms with Gasteiger partial charge in [-0.3, -0.25) is 14.5 Å². The van der Waals surface area contributed by atoms with Crippen LogP contribution in [0, 0.1) is 0 Å². The van der Waals surface area contributed by atoms with Gasteiger partial charge in [-0.05, 0) is 47.4 Å². The summed E-state index contributed by atoms with van der Waals surface area (Å²) in [7, 11) is -1.76. The zero-order chi connectivity index (χ0) is 26.3. The van der Waals surface area contributed by atoms with Crippen molar-refractivity contribution in [2.75, 3.05) is 18.1 Å². The van der Waals surface area contributed by atoms with Crippen molar-refractivity contribution in [3.05, 3.63) is 76.3 Å². The first kappa shape index (κ1) is 25.4. The molecule has 4 rings (SSSR count). The lowest BCUT2D eigenvalue weighted by Gasteiger charge is -2.25. The number of aliphatic hydroxyl groups excluding tert-OH is 1. The zero-order valence-electron chi connectivity index (χ0n) is 20.8. The van der Waals surface area contributed by atoms with Crippen LogP contribution in [0.4, 0.5) is 5.69 Å². The van der Waals surface area contributed by atoms with E-state index in [9.17, 15) is 18.3 Å². The predicted octanol–water partition coefficient (Wildman–Crippen LogP) is 4.43. The maximum atomic E-state index is 12.9. The number of nitrogens with zero attached hydrogens (tertiary/aromatic N) is 1. The van der Waals surface area contributed by atoms with Gasteiger partial charge in [-0.15, -0.1) is 0 Å². The van der Waals surface area contributed by atoms with Crippen LogP contribution in [0.15, 0.2) is 59.5 Å². The number of aromatic amines is 1. The van der Waals surface area contributed by atoms with Crippen LogP contribution in [0.1, 0.15) is 32.0 Å². The number of ether oxygens (including phenoxy) is 1. The minimum absolute atomic E-state index is 0.258. The number of rotatable bonds is 6. The Balaban J connectivity index is 1.95. The standard InChI is InChI=1S/C27H29N3O5S/c1-27(2,3)23-13-21(20-11-10-19(15-31)29-26(20)32)24-22(25(23)35-4)12-17(14-28-24)16-6-8-18(9-7-16)30-36(5,33)34/h6-14,30-31H,15H2,1-5H3,(H,29,32). The topological polar surface area (TPSA) is 121 Å². The van der Waals surface area contributed by atoms with Gasteiger partial charge in [0, 0.05) is 45.2 Å². The second-order valence-corrected chi connectivity index (χ2v) is 11.5. The van der Waals surface area contributed by atoms with E-state index < -0.39 is 10.0 Å². The van der Waals surface area contributed by atoms with Gasteiger partial charge < -0.3 is 14.8 Å². The van der Waals surface area contributed by atoms with Crippen molar-refractivity contribution in [3.63, 3.8) is 0 Å². The number of methoxy groups -OCH3 is 1. The first-order chi connectivity index (χ1) is 16.9. The number of hydrogen-bond donors (Lipinski definition) is 3. The van der Waals surface area contributed by atoms with E-state index in [4.69, 9.17) is 9.72 Å². The smallest absolute Gasteiger partial charge is 0.256 e. The van der Waals surface area contributed by atoms with Gasteiger partial charge in [-0.1, -0.05) is 32.9 Å². The molecule has 0 saturated heterocycles. The molecule has 3 N–H and O–H groups in total. The van der Waals surface area contributed by atoms with Gasteiger partial charge in [-0.25, -0.2) is 8.42 Å². The predicted molar refractivity (Wildman–Crippen MR) is 143 cm³/mol. The monoisotopic (exact) mass is 507 g/mol. The van der Waals surface area contributed by atoms with E-state index in [1.807, 2.05) is 24.3 Å². The van der Waals surface area contributed by atoms with E-state index in [1.165, 1.54) is 0 Å². The first-order valence-electron chi connectivity index (χ1n) is 11.3. The second kappa shape index (κ2) is 9.40. The summed E-state index contributed by atoms with van der Waals surface area (Å²) in [5.41, 5.74) is 4.60. The zero-order valence-corrected chi connectivity index (χ0v) is 21.7. The Bertz CT molecular complexity index is 1600. The van der Waals surface area contributed by atoms with Gasteiger partial charge in [0.15, 0.2) is 0 Å². The van der Waals surface area contributed by atoms with Crippen molar-refractivity contribution in [2.24, 2.45) is 0 Å². The highest BCUT2D eigenvalue weighted by Crippen LogP contribution is 2.42. The number of aromatic nitrogens is 2. The van der Waals surface area contributed by atoms with Crippen molar-refractivity contribution in [3.8, 4) is 28.0 Å². The fourth-order valence-electron chi connectivity index (χ4n) is 4.18. The van der Waals surface area contributed by atoms with E-state index in [1.54, 1.807) is 37.6 Å². The number of fused-ring (bicyclic) bond motifs is 1. The van der Waals surface area contributed by atoms with Crippen LogP contribution >= 0.6 is 0 Å². The highest BCUT2D eigenvalue weighted by Gasteiger charge is 2.25. The fourth-order valence-corrected chi connectivity index (χ4v) is 4.74. The third-order valence-electron chi connectivity index (χ3n) is 5.88. The van der Waals surface area contributed by atoms with Crippen molar-refractivity contribution in [2.45, 2.75) is 32.8 Å². The van der Waals surface area contributed by atoms with Crippen molar-refractivity contribution in [1.29, 1.82) is 0 Å². The Kier molecular flexibility index (Phi) is 6.64. The van der Waals surface area contributed by atoms with E-state index >= 15 is 0 Å². The molecule has 8 nitrogen and oxygen atoms in total. The fraction of sp³-hybridized carbons (Fsp3) is 0.259. The van der Waals surface area contributed by atoms with E-state index in [-0.39, 0.29) is 17.6 Å². The Hall–Kier alpha value is -3.69. The molecule has 2 heterocycles. The molecule has 2 aromatic carbocycles. The number of hydrogen-bond acceptors (Lipinski definition) is 6. The van der Waals surface area contributed by atoms with Gasteiger partial charge in [0.2, 0.25) is 10.0 Å². The molecule has 0 atom stereocenters. The first-order valence-corrected chi connectivity index (χ1v) is 13.2. The van der Waals surface area contributed by atoms with E-state index in [2.05, 4.69) is 30.5 Å². The molecule has 0 aliphatic rings. The van der Waals surface area contributed by atoms with Crippen molar-refractivity contribution < 1.29 is 18.3 Å². The summed E-state index contributed by atoms with van der Waals surface area (Å²) in [6, 6.07) is 14.3. The third-order valence-corrected chi connectivity index (χ3v) is 6.49. The maximum Gasteiger partial charge on any atom is 0.256 e. The Morgan fingerprint density at radius 2 is 1.72 bits per heavy atom. The van der Waals surface area contributed by atoms with E-state index in [0.717, 1.165) is 28.3 Å². The van der Waals surface area contributed by atoms with Crippen molar-refractivity contribution in [1.82, 2.24) is 9.97 Å². The van der Waals surface area contributed by atoms with Crippen LogP contribution in [0.25, 0.3) is 33.2 Å².